The van der Waals surface area contributed by atoms with Gasteiger partial charge in [0.2, 0.25) is 0 Å². The Morgan fingerprint density at radius 1 is 1.50 bits per heavy atom. The van der Waals surface area contributed by atoms with E-state index >= 15 is 0 Å². The number of rotatable bonds is 2. The van der Waals surface area contributed by atoms with Crippen molar-refractivity contribution in [1.29, 1.82) is 0 Å². The van der Waals surface area contributed by atoms with Crippen LogP contribution in [0, 0.1) is 6.92 Å². The Labute approximate surface area is 98.0 Å². The highest BCUT2D eigenvalue weighted by Gasteiger charge is 2.24. The van der Waals surface area contributed by atoms with E-state index in [1.54, 1.807) is 11.8 Å². The molecule has 3 rings (SSSR count). The number of thioether (sulfide) groups is 1. The van der Waals surface area contributed by atoms with Crippen molar-refractivity contribution >= 4 is 22.8 Å². The third-order valence-corrected chi connectivity index (χ3v) is 3.48. The molecule has 1 fully saturated rings. The first-order chi connectivity index (χ1) is 7.79. The molecule has 0 spiro atoms. The molecule has 2 aromatic heterocycles. The van der Waals surface area contributed by atoms with Crippen LogP contribution in [0.25, 0.3) is 11.0 Å². The van der Waals surface area contributed by atoms with Crippen LogP contribution in [-0.4, -0.2) is 34.0 Å². The lowest BCUT2D eigenvalue weighted by atomic mass is 10.2. The average molecular weight is 235 g/mol. The zero-order valence-electron chi connectivity index (χ0n) is 9.30. The molecule has 1 aliphatic heterocycles. The van der Waals surface area contributed by atoms with Crippen LogP contribution in [0.5, 0.6) is 0 Å². The predicted molar refractivity (Wildman–Crippen MR) is 63.9 cm³/mol. The van der Waals surface area contributed by atoms with Crippen molar-refractivity contribution in [1.82, 2.24) is 14.5 Å². The number of nitrogens with zero attached hydrogens (tertiary/aromatic N) is 3. The van der Waals surface area contributed by atoms with Gasteiger partial charge in [-0.3, -0.25) is 0 Å². The summed E-state index contributed by atoms with van der Waals surface area (Å²) in [7, 11) is 0. The van der Waals surface area contributed by atoms with E-state index in [0.717, 1.165) is 29.4 Å². The fourth-order valence-corrected chi connectivity index (χ4v) is 2.39. The van der Waals surface area contributed by atoms with E-state index in [4.69, 9.17) is 4.74 Å². The van der Waals surface area contributed by atoms with Crippen molar-refractivity contribution < 1.29 is 4.74 Å². The molecule has 1 aliphatic rings. The number of aryl methyl sites for hydroxylation is 1. The quantitative estimate of drug-likeness (QED) is 0.590. The van der Waals surface area contributed by atoms with Crippen LogP contribution in [-0.2, 0) is 4.74 Å². The monoisotopic (exact) mass is 235 g/mol. The molecule has 0 atom stereocenters. The van der Waals surface area contributed by atoms with Gasteiger partial charge in [-0.05, 0) is 19.2 Å². The van der Waals surface area contributed by atoms with Gasteiger partial charge < -0.3 is 9.30 Å². The Bertz CT molecular complexity index is 533. The van der Waals surface area contributed by atoms with Gasteiger partial charge in [-0.15, -0.1) is 0 Å². The number of hydrogen-bond donors (Lipinski definition) is 0. The standard InChI is InChI=1S/C11H13N3OS/c1-7-3-8-4-12-11(16-2)13-10(8)14(7)9-5-15-6-9/h3-4,9H,5-6H2,1-2H3. The highest BCUT2D eigenvalue weighted by atomic mass is 32.2. The second-order valence-electron chi connectivity index (χ2n) is 3.98. The first-order valence-corrected chi connectivity index (χ1v) is 6.48. The van der Waals surface area contributed by atoms with Crippen LogP contribution in [0.1, 0.15) is 11.7 Å². The average Bonchev–Trinajstić information content (AvgIpc) is 2.53. The molecule has 0 N–H and O–H groups in total. The van der Waals surface area contributed by atoms with Gasteiger partial charge in [-0.25, -0.2) is 9.97 Å². The largest absolute Gasteiger partial charge is 0.377 e. The molecular formula is C11H13N3OS. The Kier molecular flexibility index (Phi) is 2.37. The lowest BCUT2D eigenvalue weighted by molar-refractivity contribution is -0.0223. The lowest BCUT2D eigenvalue weighted by Gasteiger charge is -2.29. The molecule has 3 heterocycles. The highest BCUT2D eigenvalue weighted by Crippen LogP contribution is 2.27. The van der Waals surface area contributed by atoms with E-state index in [0.29, 0.717) is 6.04 Å². The lowest BCUT2D eigenvalue weighted by Crippen LogP contribution is -2.31. The molecule has 0 aliphatic carbocycles. The fourth-order valence-electron chi connectivity index (χ4n) is 2.05. The van der Waals surface area contributed by atoms with E-state index in [1.165, 1.54) is 5.69 Å². The maximum Gasteiger partial charge on any atom is 0.189 e. The Morgan fingerprint density at radius 2 is 2.31 bits per heavy atom. The molecule has 0 unspecified atom stereocenters. The van der Waals surface area contributed by atoms with E-state index in [1.807, 2.05) is 12.5 Å². The molecule has 0 aromatic carbocycles. The Morgan fingerprint density at radius 3 is 2.94 bits per heavy atom. The predicted octanol–water partition coefficient (Wildman–Crippen LogP) is 2.03. The summed E-state index contributed by atoms with van der Waals surface area (Å²) in [5.74, 6) is 0. The van der Waals surface area contributed by atoms with Crippen molar-refractivity contribution in [2.75, 3.05) is 19.5 Å². The van der Waals surface area contributed by atoms with Gasteiger partial charge in [0.15, 0.2) is 5.16 Å². The van der Waals surface area contributed by atoms with Crippen molar-refractivity contribution in [3.63, 3.8) is 0 Å². The van der Waals surface area contributed by atoms with Crippen molar-refractivity contribution in [3.8, 4) is 0 Å². The number of hydrogen-bond acceptors (Lipinski definition) is 4. The molecule has 1 saturated heterocycles. The minimum atomic E-state index is 0.446. The third-order valence-electron chi connectivity index (χ3n) is 2.91. The molecular weight excluding hydrogens is 222 g/mol. The molecule has 0 amide bonds. The van der Waals surface area contributed by atoms with Gasteiger partial charge in [0.05, 0.1) is 19.3 Å². The van der Waals surface area contributed by atoms with E-state index in [2.05, 4.69) is 27.5 Å². The summed E-state index contributed by atoms with van der Waals surface area (Å²) in [4.78, 5) is 8.87. The summed E-state index contributed by atoms with van der Waals surface area (Å²) in [6, 6.07) is 2.58. The molecule has 0 bridgehead atoms. The Hall–Kier alpha value is -1.07. The van der Waals surface area contributed by atoms with Gasteiger partial charge in [0.1, 0.15) is 5.65 Å². The van der Waals surface area contributed by atoms with Crippen molar-refractivity contribution in [3.05, 3.63) is 18.0 Å². The molecule has 0 radical (unpaired) electrons. The van der Waals surface area contributed by atoms with Gasteiger partial charge in [0, 0.05) is 17.3 Å². The summed E-state index contributed by atoms with van der Waals surface area (Å²) < 4.78 is 7.51. The maximum atomic E-state index is 5.25. The van der Waals surface area contributed by atoms with Crippen LogP contribution in [0.3, 0.4) is 0 Å². The molecule has 2 aromatic rings. The van der Waals surface area contributed by atoms with E-state index < -0.39 is 0 Å². The first-order valence-electron chi connectivity index (χ1n) is 5.26. The summed E-state index contributed by atoms with van der Waals surface area (Å²) in [5.41, 5.74) is 2.26. The SMILES string of the molecule is CSc1ncc2cc(C)n(C3COC3)c2n1. The first kappa shape index (κ1) is 10.1. The fraction of sp³-hybridized carbons (Fsp3) is 0.455. The van der Waals surface area contributed by atoms with Gasteiger partial charge in [-0.2, -0.15) is 0 Å². The molecule has 5 heteroatoms. The second kappa shape index (κ2) is 3.75. The number of ether oxygens (including phenoxy) is 1. The van der Waals surface area contributed by atoms with Crippen LogP contribution in [0.2, 0.25) is 0 Å². The third kappa shape index (κ3) is 1.43. The normalized spacial score (nSPS) is 16.6. The molecule has 84 valence electrons. The van der Waals surface area contributed by atoms with Gasteiger partial charge in [-0.1, -0.05) is 11.8 Å². The van der Waals surface area contributed by atoms with E-state index in [9.17, 15) is 0 Å². The minimum absolute atomic E-state index is 0.446. The second-order valence-corrected chi connectivity index (χ2v) is 4.76. The summed E-state index contributed by atoms with van der Waals surface area (Å²) in [6.45, 7) is 3.70. The molecule has 16 heavy (non-hydrogen) atoms. The number of aromatic nitrogens is 3. The van der Waals surface area contributed by atoms with Crippen LogP contribution in [0.4, 0.5) is 0 Å². The van der Waals surface area contributed by atoms with Crippen LogP contribution >= 0.6 is 11.8 Å². The van der Waals surface area contributed by atoms with E-state index in [-0.39, 0.29) is 0 Å². The Balaban J connectivity index is 2.19. The smallest absolute Gasteiger partial charge is 0.189 e. The van der Waals surface area contributed by atoms with Crippen LogP contribution in [0.15, 0.2) is 17.4 Å². The van der Waals surface area contributed by atoms with Crippen molar-refractivity contribution in [2.24, 2.45) is 0 Å². The molecule has 0 saturated carbocycles. The van der Waals surface area contributed by atoms with Gasteiger partial charge in [0.25, 0.3) is 0 Å². The number of fused-ring (bicyclic) bond motifs is 1. The summed E-state index contributed by atoms with van der Waals surface area (Å²) in [6.07, 6.45) is 3.89. The summed E-state index contributed by atoms with van der Waals surface area (Å²) >= 11 is 1.57. The zero-order chi connectivity index (χ0) is 11.1. The minimum Gasteiger partial charge on any atom is -0.377 e. The molecule has 4 nitrogen and oxygen atoms in total. The highest BCUT2D eigenvalue weighted by molar-refractivity contribution is 7.98. The van der Waals surface area contributed by atoms with Crippen molar-refractivity contribution in [2.45, 2.75) is 18.1 Å². The van der Waals surface area contributed by atoms with Gasteiger partial charge >= 0.3 is 0 Å². The topological polar surface area (TPSA) is 39.9 Å². The maximum absolute atomic E-state index is 5.25. The summed E-state index contributed by atoms with van der Waals surface area (Å²) in [5, 5.41) is 1.94. The zero-order valence-corrected chi connectivity index (χ0v) is 10.1. The van der Waals surface area contributed by atoms with Crippen LogP contribution < -0.4 is 0 Å².